The van der Waals surface area contributed by atoms with E-state index in [0.29, 0.717) is 5.88 Å². The van der Waals surface area contributed by atoms with Crippen molar-refractivity contribution in [1.29, 1.82) is 0 Å². The number of rotatable bonds is 3. The first-order valence-electron chi connectivity index (χ1n) is 5.88. The molecule has 0 aliphatic rings. The standard InChI is InChI=1S/C13H18N4O/c1-8(14)11-5-6-12(15-7-11)18-13-9(2)16-17(4)10(13)3/h5-8H,14H2,1-4H3. The van der Waals surface area contributed by atoms with Crippen molar-refractivity contribution in [1.82, 2.24) is 14.8 Å². The third-order valence-corrected chi connectivity index (χ3v) is 2.93. The van der Waals surface area contributed by atoms with Gasteiger partial charge in [-0.25, -0.2) is 4.98 Å². The molecule has 0 fully saturated rings. The lowest BCUT2D eigenvalue weighted by molar-refractivity contribution is 0.454. The second-order valence-electron chi connectivity index (χ2n) is 4.44. The molecule has 0 aromatic carbocycles. The maximum Gasteiger partial charge on any atom is 0.219 e. The average molecular weight is 246 g/mol. The van der Waals surface area contributed by atoms with Crippen LogP contribution in [0.25, 0.3) is 0 Å². The van der Waals surface area contributed by atoms with Crippen molar-refractivity contribution in [3.05, 3.63) is 35.3 Å². The average Bonchev–Trinajstić information content (AvgIpc) is 2.57. The highest BCUT2D eigenvalue weighted by Crippen LogP contribution is 2.26. The van der Waals surface area contributed by atoms with Crippen molar-refractivity contribution in [2.45, 2.75) is 26.8 Å². The number of nitrogens with zero attached hydrogens (tertiary/aromatic N) is 3. The topological polar surface area (TPSA) is 66.0 Å². The van der Waals surface area contributed by atoms with Crippen LogP contribution in [0.2, 0.25) is 0 Å². The van der Waals surface area contributed by atoms with Crippen LogP contribution in [0.5, 0.6) is 11.6 Å². The first kappa shape index (κ1) is 12.6. The van der Waals surface area contributed by atoms with Crippen LogP contribution in [0.4, 0.5) is 0 Å². The summed E-state index contributed by atoms with van der Waals surface area (Å²) in [7, 11) is 1.89. The minimum Gasteiger partial charge on any atom is -0.435 e. The SMILES string of the molecule is Cc1nn(C)c(C)c1Oc1ccc(C(C)N)cn1. The zero-order valence-corrected chi connectivity index (χ0v) is 11.1. The van der Waals surface area contributed by atoms with Gasteiger partial charge in [0, 0.05) is 25.4 Å². The fraction of sp³-hybridized carbons (Fsp3) is 0.385. The molecule has 0 aliphatic heterocycles. The van der Waals surface area contributed by atoms with Crippen molar-refractivity contribution in [2.24, 2.45) is 12.8 Å². The predicted molar refractivity (Wildman–Crippen MR) is 69.6 cm³/mol. The fourth-order valence-electron chi connectivity index (χ4n) is 1.73. The molecule has 2 N–H and O–H groups in total. The maximum absolute atomic E-state index is 5.77. The number of hydrogen-bond acceptors (Lipinski definition) is 4. The van der Waals surface area contributed by atoms with Crippen molar-refractivity contribution in [3.63, 3.8) is 0 Å². The normalized spacial score (nSPS) is 12.5. The zero-order valence-electron chi connectivity index (χ0n) is 11.1. The fourth-order valence-corrected chi connectivity index (χ4v) is 1.73. The maximum atomic E-state index is 5.77. The third-order valence-electron chi connectivity index (χ3n) is 2.93. The lowest BCUT2D eigenvalue weighted by Crippen LogP contribution is -2.05. The Morgan fingerprint density at radius 3 is 2.50 bits per heavy atom. The van der Waals surface area contributed by atoms with E-state index in [4.69, 9.17) is 10.5 Å². The van der Waals surface area contributed by atoms with E-state index >= 15 is 0 Å². The first-order valence-corrected chi connectivity index (χ1v) is 5.88. The van der Waals surface area contributed by atoms with Crippen molar-refractivity contribution >= 4 is 0 Å². The van der Waals surface area contributed by atoms with Crippen LogP contribution in [0.15, 0.2) is 18.3 Å². The van der Waals surface area contributed by atoms with Crippen molar-refractivity contribution in [2.75, 3.05) is 0 Å². The summed E-state index contributed by atoms with van der Waals surface area (Å²) in [5, 5.41) is 4.30. The second kappa shape index (κ2) is 4.78. The molecule has 0 saturated carbocycles. The lowest BCUT2D eigenvalue weighted by Gasteiger charge is -2.07. The summed E-state index contributed by atoms with van der Waals surface area (Å²) in [5.74, 6) is 1.32. The van der Waals surface area contributed by atoms with E-state index in [1.807, 2.05) is 40.0 Å². The summed E-state index contributed by atoms with van der Waals surface area (Å²) in [5.41, 5.74) is 8.59. The Labute approximate surface area is 107 Å². The number of hydrogen-bond donors (Lipinski definition) is 1. The molecule has 0 amide bonds. The van der Waals surface area contributed by atoms with Crippen LogP contribution in [0.1, 0.15) is 29.9 Å². The van der Waals surface area contributed by atoms with E-state index in [-0.39, 0.29) is 6.04 Å². The molecule has 2 aromatic heterocycles. The van der Waals surface area contributed by atoms with Gasteiger partial charge in [0.05, 0.1) is 5.69 Å². The van der Waals surface area contributed by atoms with Crippen LogP contribution >= 0.6 is 0 Å². The van der Waals surface area contributed by atoms with E-state index in [0.717, 1.165) is 22.7 Å². The molecule has 96 valence electrons. The number of pyridine rings is 1. The minimum atomic E-state index is -0.0200. The zero-order chi connectivity index (χ0) is 13.3. The van der Waals surface area contributed by atoms with E-state index in [2.05, 4.69) is 10.1 Å². The Balaban J connectivity index is 2.23. The van der Waals surface area contributed by atoms with Crippen molar-refractivity contribution in [3.8, 4) is 11.6 Å². The molecule has 1 unspecified atom stereocenters. The molecule has 0 bridgehead atoms. The van der Waals surface area contributed by atoms with Gasteiger partial charge in [0.15, 0.2) is 5.75 Å². The van der Waals surface area contributed by atoms with Gasteiger partial charge >= 0.3 is 0 Å². The molecule has 2 rings (SSSR count). The van der Waals surface area contributed by atoms with Gasteiger partial charge in [0.1, 0.15) is 5.69 Å². The highest BCUT2D eigenvalue weighted by atomic mass is 16.5. The number of aryl methyl sites for hydroxylation is 2. The van der Waals surface area contributed by atoms with Gasteiger partial charge in [-0.15, -0.1) is 0 Å². The van der Waals surface area contributed by atoms with Crippen molar-refractivity contribution < 1.29 is 4.74 Å². The highest BCUT2D eigenvalue weighted by Gasteiger charge is 2.12. The minimum absolute atomic E-state index is 0.0200. The smallest absolute Gasteiger partial charge is 0.219 e. The van der Waals surface area contributed by atoms with Gasteiger partial charge in [-0.05, 0) is 26.3 Å². The number of aromatic nitrogens is 3. The van der Waals surface area contributed by atoms with Gasteiger partial charge in [0.25, 0.3) is 0 Å². The Morgan fingerprint density at radius 1 is 1.33 bits per heavy atom. The second-order valence-corrected chi connectivity index (χ2v) is 4.44. The Hall–Kier alpha value is -1.88. The van der Waals surface area contributed by atoms with Gasteiger partial charge < -0.3 is 10.5 Å². The summed E-state index contributed by atoms with van der Waals surface area (Å²) >= 11 is 0. The van der Waals surface area contributed by atoms with E-state index in [1.54, 1.807) is 10.9 Å². The van der Waals surface area contributed by atoms with Gasteiger partial charge in [-0.3, -0.25) is 4.68 Å². The van der Waals surface area contributed by atoms with E-state index in [9.17, 15) is 0 Å². The molecule has 2 aromatic rings. The monoisotopic (exact) mass is 246 g/mol. The molecule has 5 heteroatoms. The molecule has 5 nitrogen and oxygen atoms in total. The van der Waals surface area contributed by atoms with E-state index in [1.165, 1.54) is 0 Å². The molecule has 0 aliphatic carbocycles. The van der Waals surface area contributed by atoms with Crippen LogP contribution in [0.3, 0.4) is 0 Å². The van der Waals surface area contributed by atoms with Crippen LogP contribution in [-0.2, 0) is 7.05 Å². The molecule has 0 saturated heterocycles. The van der Waals surface area contributed by atoms with Gasteiger partial charge in [-0.1, -0.05) is 6.07 Å². The van der Waals surface area contributed by atoms with Crippen LogP contribution in [-0.4, -0.2) is 14.8 Å². The van der Waals surface area contributed by atoms with Crippen LogP contribution < -0.4 is 10.5 Å². The predicted octanol–water partition coefficient (Wildman–Crippen LogP) is 2.24. The third kappa shape index (κ3) is 2.36. The molecule has 0 radical (unpaired) electrons. The Morgan fingerprint density at radius 2 is 2.06 bits per heavy atom. The molecular formula is C13H18N4O. The summed E-state index contributed by atoms with van der Waals surface area (Å²) in [4.78, 5) is 4.25. The summed E-state index contributed by atoms with van der Waals surface area (Å²) < 4.78 is 7.55. The number of ether oxygens (including phenoxy) is 1. The number of nitrogens with two attached hydrogens (primary N) is 1. The molecule has 1 atom stereocenters. The lowest BCUT2D eigenvalue weighted by atomic mass is 10.2. The molecule has 2 heterocycles. The Kier molecular flexibility index (Phi) is 3.34. The highest BCUT2D eigenvalue weighted by molar-refractivity contribution is 5.35. The largest absolute Gasteiger partial charge is 0.435 e. The molecular weight excluding hydrogens is 228 g/mol. The molecule has 18 heavy (non-hydrogen) atoms. The van der Waals surface area contributed by atoms with Gasteiger partial charge in [-0.2, -0.15) is 5.10 Å². The Bertz CT molecular complexity index is 543. The first-order chi connectivity index (χ1) is 8.49. The quantitative estimate of drug-likeness (QED) is 0.902. The summed E-state index contributed by atoms with van der Waals surface area (Å²) in [6, 6.07) is 3.73. The molecule has 0 spiro atoms. The van der Waals surface area contributed by atoms with E-state index < -0.39 is 0 Å². The van der Waals surface area contributed by atoms with Crippen LogP contribution in [0, 0.1) is 13.8 Å². The van der Waals surface area contributed by atoms with Gasteiger partial charge in [0.2, 0.25) is 5.88 Å². The summed E-state index contributed by atoms with van der Waals surface area (Å²) in [6.45, 7) is 5.80. The summed E-state index contributed by atoms with van der Waals surface area (Å²) in [6.07, 6.45) is 1.74.